The van der Waals surface area contributed by atoms with Gasteiger partial charge in [-0.15, -0.1) is 0 Å². The van der Waals surface area contributed by atoms with Crippen molar-refractivity contribution in [2.24, 2.45) is 17.8 Å². The Hall–Kier alpha value is -2.97. The van der Waals surface area contributed by atoms with Gasteiger partial charge in [-0.1, -0.05) is 88.2 Å². The summed E-state index contributed by atoms with van der Waals surface area (Å²) in [4.78, 5) is 48.4. The molecule has 0 bridgehead atoms. The minimum absolute atomic E-state index is 0.0146. The molecule has 4 aliphatic rings. The predicted octanol–water partition coefficient (Wildman–Crippen LogP) is 3.16. The quantitative estimate of drug-likeness (QED) is 0.478. The van der Waals surface area contributed by atoms with Gasteiger partial charge < -0.3 is 24.5 Å². The maximum atomic E-state index is 14.5. The van der Waals surface area contributed by atoms with Crippen molar-refractivity contribution >= 4 is 17.7 Å². The van der Waals surface area contributed by atoms with Crippen LogP contribution in [0.5, 0.6) is 0 Å². The Balaban J connectivity index is 1.58. The van der Waals surface area contributed by atoms with E-state index in [4.69, 9.17) is 4.74 Å². The molecule has 216 valence electrons. The van der Waals surface area contributed by atoms with Crippen LogP contribution in [-0.4, -0.2) is 87.1 Å². The number of rotatable bonds is 9. The molecule has 0 radical (unpaired) electrons. The number of nitrogens with zero attached hydrogens (tertiary/aromatic N) is 3. The van der Waals surface area contributed by atoms with Crippen LogP contribution < -0.4 is 0 Å². The van der Waals surface area contributed by atoms with Crippen LogP contribution in [0.4, 0.5) is 0 Å². The van der Waals surface area contributed by atoms with Crippen LogP contribution in [0.15, 0.2) is 54.6 Å². The molecule has 1 aromatic rings. The van der Waals surface area contributed by atoms with Crippen LogP contribution in [0.1, 0.15) is 52.5 Å². The molecule has 1 spiro atoms. The maximum Gasteiger partial charge on any atom is 0.249 e. The fourth-order valence-corrected chi connectivity index (χ4v) is 7.23. The van der Waals surface area contributed by atoms with Gasteiger partial charge in [-0.2, -0.15) is 0 Å². The largest absolute Gasteiger partial charge is 0.394 e. The first-order chi connectivity index (χ1) is 19.3. The van der Waals surface area contributed by atoms with E-state index in [0.717, 1.165) is 24.8 Å². The summed E-state index contributed by atoms with van der Waals surface area (Å²) >= 11 is 0. The number of fused-ring (bicyclic) bond motifs is 2. The Kier molecular flexibility index (Phi) is 8.20. The second kappa shape index (κ2) is 11.5. The van der Waals surface area contributed by atoms with Crippen molar-refractivity contribution in [3.63, 3.8) is 0 Å². The Labute approximate surface area is 237 Å². The molecule has 0 aromatic heterocycles. The second-order valence-electron chi connectivity index (χ2n) is 11.9. The summed E-state index contributed by atoms with van der Waals surface area (Å²) in [7, 11) is 0. The highest BCUT2D eigenvalue weighted by molar-refractivity contribution is 6.00. The molecule has 5 rings (SSSR count). The van der Waals surface area contributed by atoms with E-state index in [0.29, 0.717) is 19.6 Å². The van der Waals surface area contributed by atoms with Crippen molar-refractivity contribution < 1.29 is 24.2 Å². The second-order valence-corrected chi connectivity index (χ2v) is 11.9. The molecule has 40 heavy (non-hydrogen) atoms. The van der Waals surface area contributed by atoms with E-state index < -0.39 is 35.6 Å². The van der Waals surface area contributed by atoms with Gasteiger partial charge in [-0.05, 0) is 24.8 Å². The molecule has 0 saturated carbocycles. The first kappa shape index (κ1) is 28.6. The number of amides is 3. The molecule has 8 atom stereocenters. The van der Waals surface area contributed by atoms with E-state index in [-0.39, 0.29) is 36.3 Å². The van der Waals surface area contributed by atoms with Crippen LogP contribution in [0, 0.1) is 17.8 Å². The van der Waals surface area contributed by atoms with Crippen molar-refractivity contribution in [3.8, 4) is 0 Å². The summed E-state index contributed by atoms with van der Waals surface area (Å²) in [6.45, 7) is 9.15. The fraction of sp³-hybridized carbons (Fsp3) is 0.594. The zero-order valence-electron chi connectivity index (χ0n) is 24.1. The minimum atomic E-state index is -1.28. The number of carbonyl (C=O) groups is 3. The molecule has 1 aromatic carbocycles. The molecule has 8 nitrogen and oxygen atoms in total. The van der Waals surface area contributed by atoms with Gasteiger partial charge in [0.05, 0.1) is 30.6 Å². The first-order valence-corrected chi connectivity index (χ1v) is 14.9. The molecule has 3 amide bonds. The number of likely N-dealkylation sites (tertiary alicyclic amines) is 1. The third-order valence-electron chi connectivity index (χ3n) is 9.51. The number of carbonyl (C=O) groups excluding carboxylic acids is 3. The molecule has 8 heteroatoms. The van der Waals surface area contributed by atoms with Crippen molar-refractivity contribution in [3.05, 3.63) is 60.2 Å². The number of benzene rings is 1. The fourth-order valence-electron chi connectivity index (χ4n) is 7.23. The first-order valence-electron chi connectivity index (χ1n) is 14.9. The van der Waals surface area contributed by atoms with E-state index in [1.165, 1.54) is 0 Å². The van der Waals surface area contributed by atoms with Gasteiger partial charge in [0.15, 0.2) is 0 Å². The Morgan fingerprint density at radius 3 is 2.45 bits per heavy atom. The van der Waals surface area contributed by atoms with Crippen LogP contribution >= 0.6 is 0 Å². The molecule has 0 aliphatic carbocycles. The predicted molar refractivity (Wildman–Crippen MR) is 152 cm³/mol. The minimum Gasteiger partial charge on any atom is -0.394 e. The van der Waals surface area contributed by atoms with E-state index in [1.54, 1.807) is 9.80 Å². The van der Waals surface area contributed by atoms with E-state index in [1.807, 2.05) is 80.3 Å². The summed E-state index contributed by atoms with van der Waals surface area (Å²) < 4.78 is 6.76. The van der Waals surface area contributed by atoms with E-state index in [9.17, 15) is 19.5 Å². The number of hydrogen-bond donors (Lipinski definition) is 1. The Bertz CT molecular complexity index is 1170. The van der Waals surface area contributed by atoms with Crippen molar-refractivity contribution in [1.82, 2.24) is 14.7 Å². The topological polar surface area (TPSA) is 90.4 Å². The van der Waals surface area contributed by atoms with Crippen molar-refractivity contribution in [2.75, 3.05) is 19.7 Å². The molecule has 2 saturated heterocycles. The third kappa shape index (κ3) is 4.59. The van der Waals surface area contributed by atoms with Crippen LogP contribution in [0.25, 0.3) is 0 Å². The molecule has 1 N–H and O–H groups in total. The highest BCUT2D eigenvalue weighted by Gasteiger charge is 2.72. The third-order valence-corrected chi connectivity index (χ3v) is 9.51. The number of aliphatic hydroxyl groups excluding tert-OH is 1. The van der Waals surface area contributed by atoms with E-state index >= 15 is 0 Å². The number of hydrogen-bond acceptors (Lipinski definition) is 5. The average molecular weight is 550 g/mol. The smallest absolute Gasteiger partial charge is 0.249 e. The lowest BCUT2D eigenvalue weighted by atomic mass is 9.77. The van der Waals surface area contributed by atoms with Crippen molar-refractivity contribution in [2.45, 2.75) is 83.3 Å². The average Bonchev–Trinajstić information content (AvgIpc) is 3.27. The monoisotopic (exact) mass is 549 g/mol. The molecule has 4 heterocycles. The summed E-state index contributed by atoms with van der Waals surface area (Å²) in [6.07, 6.45) is 9.55. The van der Waals surface area contributed by atoms with Crippen LogP contribution in [0.2, 0.25) is 0 Å². The summed E-state index contributed by atoms with van der Waals surface area (Å²) in [5, 5.41) is 10.5. The number of ether oxygens (including phenoxy) is 1. The Morgan fingerprint density at radius 1 is 1.02 bits per heavy atom. The van der Waals surface area contributed by atoms with Crippen molar-refractivity contribution in [1.29, 1.82) is 0 Å². The van der Waals surface area contributed by atoms with E-state index in [2.05, 4.69) is 6.92 Å². The molecular formula is C32H43N3O5. The zero-order chi connectivity index (χ0) is 28.6. The summed E-state index contributed by atoms with van der Waals surface area (Å²) in [5.41, 5.74) is -0.267. The standard InChI is InChI=1S/C32H43N3O5/c1-5-12-22(4)34-18-11-16-32-27(30(38)35(28(32)31(34)39)24(20-36)21(3)6-2)26-25(40-32)15-10-17-33(29(26)37)19-23-13-8-7-9-14-23/h7-11,13-16,21-22,24-28,36H,5-6,12,17-20H2,1-4H3/t21-,22?,24-,25-,26+,27-,28?,32-/m0/s1. The highest BCUT2D eigenvalue weighted by Crippen LogP contribution is 2.54. The van der Waals surface area contributed by atoms with Gasteiger partial charge in [-0.3, -0.25) is 14.4 Å². The van der Waals surface area contributed by atoms with Crippen LogP contribution in [0.3, 0.4) is 0 Å². The van der Waals surface area contributed by atoms with Gasteiger partial charge in [0.2, 0.25) is 17.7 Å². The van der Waals surface area contributed by atoms with Gasteiger partial charge in [0, 0.05) is 25.7 Å². The lowest BCUT2D eigenvalue weighted by molar-refractivity contribution is -0.153. The van der Waals surface area contributed by atoms with Gasteiger partial charge in [0.1, 0.15) is 11.6 Å². The lowest BCUT2D eigenvalue weighted by Gasteiger charge is -2.41. The molecular weight excluding hydrogens is 506 g/mol. The van der Waals surface area contributed by atoms with Gasteiger partial charge in [-0.25, -0.2) is 0 Å². The van der Waals surface area contributed by atoms with Gasteiger partial charge in [0.25, 0.3) is 0 Å². The number of aliphatic hydroxyl groups is 1. The molecule has 4 aliphatic heterocycles. The molecule has 2 fully saturated rings. The van der Waals surface area contributed by atoms with Gasteiger partial charge >= 0.3 is 0 Å². The zero-order valence-corrected chi connectivity index (χ0v) is 24.1. The maximum absolute atomic E-state index is 14.5. The normalized spacial score (nSPS) is 31.9. The Morgan fingerprint density at radius 2 is 1.77 bits per heavy atom. The SMILES string of the molecule is CCCC(C)N1CC=C[C@]23O[C@H]4C=CCN(Cc5ccccc5)C(=O)[C@H]4[C@H]2C(=O)N([C@@H](CO)[C@@H](C)CC)C3C1=O. The summed E-state index contributed by atoms with van der Waals surface area (Å²) in [5.74, 6) is -2.23. The summed E-state index contributed by atoms with van der Waals surface area (Å²) in [6, 6.07) is 8.31. The lowest BCUT2D eigenvalue weighted by Crippen LogP contribution is -2.60. The van der Waals surface area contributed by atoms with Crippen LogP contribution in [-0.2, 0) is 25.7 Å². The highest BCUT2D eigenvalue weighted by atomic mass is 16.5. The molecule has 2 unspecified atom stereocenters.